The van der Waals surface area contributed by atoms with Gasteiger partial charge in [0.2, 0.25) is 0 Å². The van der Waals surface area contributed by atoms with Crippen LogP contribution in [-0.4, -0.2) is 36.6 Å². The van der Waals surface area contributed by atoms with E-state index in [0.29, 0.717) is 6.42 Å². The van der Waals surface area contributed by atoms with Crippen LogP contribution >= 0.6 is 0 Å². The molecule has 6 nitrogen and oxygen atoms in total. The minimum absolute atomic E-state index is 0.670. The van der Waals surface area contributed by atoms with E-state index < -0.39 is 5.60 Å². The Morgan fingerprint density at radius 3 is 3.10 bits per heavy atom. The minimum atomic E-state index is -0.670. The van der Waals surface area contributed by atoms with Gasteiger partial charge in [-0.25, -0.2) is 4.98 Å². The van der Waals surface area contributed by atoms with Crippen LogP contribution in [0.2, 0.25) is 0 Å². The largest absolute Gasteiger partial charge is 0.390 e. The van der Waals surface area contributed by atoms with E-state index in [1.807, 2.05) is 20.0 Å². The van der Waals surface area contributed by atoms with Gasteiger partial charge in [0.25, 0.3) is 0 Å². The molecule has 0 aliphatic carbocycles. The molecule has 3 rings (SSSR count). The van der Waals surface area contributed by atoms with Gasteiger partial charge in [-0.15, -0.1) is 0 Å². The van der Waals surface area contributed by atoms with Crippen molar-refractivity contribution in [3.05, 3.63) is 24.2 Å². The fourth-order valence-corrected chi connectivity index (χ4v) is 2.59. The van der Waals surface area contributed by atoms with Crippen LogP contribution in [0.4, 0.5) is 0 Å². The lowest BCUT2D eigenvalue weighted by molar-refractivity contribution is 0.0663. The van der Waals surface area contributed by atoms with Crippen molar-refractivity contribution in [1.29, 1.82) is 0 Å². The molecular weight excluding hydrogens is 266 g/mol. The van der Waals surface area contributed by atoms with Crippen molar-refractivity contribution in [3.63, 3.8) is 0 Å². The van der Waals surface area contributed by atoms with Gasteiger partial charge in [-0.2, -0.15) is 5.10 Å². The fourth-order valence-electron chi connectivity index (χ4n) is 2.59. The number of hydrogen-bond donors (Lipinski definition) is 2. The molecule has 1 aliphatic heterocycles. The Hall–Kier alpha value is -1.66. The van der Waals surface area contributed by atoms with Gasteiger partial charge in [0, 0.05) is 32.0 Å². The lowest BCUT2D eigenvalue weighted by Crippen LogP contribution is -2.21. The average molecular weight is 289 g/mol. The number of nitrogens with zero attached hydrogens (tertiary/aromatic N) is 4. The number of fused-ring (bicyclic) bond motifs is 1. The summed E-state index contributed by atoms with van der Waals surface area (Å²) in [6, 6.07) is 2.11. The van der Waals surface area contributed by atoms with Gasteiger partial charge >= 0.3 is 0 Å². The van der Waals surface area contributed by atoms with Crippen LogP contribution in [0.15, 0.2) is 18.5 Å². The molecule has 0 bridgehead atoms. The van der Waals surface area contributed by atoms with Crippen LogP contribution in [0.25, 0.3) is 11.5 Å². The smallest absolute Gasteiger partial charge is 0.160 e. The topological polar surface area (TPSA) is 67.9 Å². The molecular formula is C15H23N5O. The maximum Gasteiger partial charge on any atom is 0.160 e. The van der Waals surface area contributed by atoms with E-state index in [9.17, 15) is 5.11 Å². The molecule has 2 N–H and O–H groups in total. The summed E-state index contributed by atoms with van der Waals surface area (Å²) in [5.41, 5.74) is 1.45. The summed E-state index contributed by atoms with van der Waals surface area (Å²) in [4.78, 5) is 4.44. The normalized spacial score (nSPS) is 15.8. The first-order valence-electron chi connectivity index (χ1n) is 7.54. The van der Waals surface area contributed by atoms with Crippen LogP contribution < -0.4 is 5.32 Å². The Morgan fingerprint density at radius 1 is 1.43 bits per heavy atom. The number of aliphatic hydroxyl groups is 1. The van der Waals surface area contributed by atoms with Gasteiger partial charge in [0.05, 0.1) is 11.3 Å². The SMILES string of the molecule is CC(C)(O)CCn1ccnc1-c1cc2n(n1)CCCNC2. The first-order valence-corrected chi connectivity index (χ1v) is 7.54. The Morgan fingerprint density at radius 2 is 2.29 bits per heavy atom. The number of aromatic nitrogens is 4. The Labute approximate surface area is 124 Å². The number of hydrogen-bond acceptors (Lipinski definition) is 4. The zero-order chi connectivity index (χ0) is 14.9. The Kier molecular flexibility index (Phi) is 3.82. The fraction of sp³-hybridized carbons (Fsp3) is 0.600. The second-order valence-corrected chi connectivity index (χ2v) is 6.28. The zero-order valence-electron chi connectivity index (χ0n) is 12.7. The predicted octanol–water partition coefficient (Wildman–Crippen LogP) is 1.40. The van der Waals surface area contributed by atoms with Crippen LogP contribution in [0.3, 0.4) is 0 Å². The molecule has 6 heteroatoms. The van der Waals surface area contributed by atoms with Crippen LogP contribution in [0.5, 0.6) is 0 Å². The molecule has 0 radical (unpaired) electrons. The van der Waals surface area contributed by atoms with Gasteiger partial charge in [-0.1, -0.05) is 0 Å². The highest BCUT2D eigenvalue weighted by Crippen LogP contribution is 2.20. The molecule has 0 saturated carbocycles. The molecule has 0 atom stereocenters. The second kappa shape index (κ2) is 5.61. The summed E-state index contributed by atoms with van der Waals surface area (Å²) in [6.07, 6.45) is 5.53. The maximum absolute atomic E-state index is 9.88. The molecule has 0 aromatic carbocycles. The summed E-state index contributed by atoms with van der Waals surface area (Å²) < 4.78 is 4.14. The molecule has 1 aliphatic rings. The van der Waals surface area contributed by atoms with E-state index in [0.717, 1.165) is 44.1 Å². The zero-order valence-corrected chi connectivity index (χ0v) is 12.7. The molecule has 3 heterocycles. The second-order valence-electron chi connectivity index (χ2n) is 6.28. The predicted molar refractivity (Wildman–Crippen MR) is 80.7 cm³/mol. The van der Waals surface area contributed by atoms with E-state index in [1.165, 1.54) is 5.69 Å². The molecule has 0 saturated heterocycles. The van der Waals surface area contributed by atoms with E-state index in [2.05, 4.69) is 30.7 Å². The van der Waals surface area contributed by atoms with Crippen LogP contribution in [0.1, 0.15) is 32.4 Å². The molecule has 2 aromatic heterocycles. The molecule has 0 unspecified atom stereocenters. The van der Waals surface area contributed by atoms with Gasteiger partial charge in [0.1, 0.15) is 5.69 Å². The molecule has 0 fully saturated rings. The molecule has 0 spiro atoms. The first kappa shape index (κ1) is 14.3. The summed E-state index contributed by atoms with van der Waals surface area (Å²) in [5, 5.41) is 18.0. The third kappa shape index (κ3) is 3.33. The van der Waals surface area contributed by atoms with Crippen molar-refractivity contribution in [2.45, 2.75) is 51.9 Å². The number of imidazole rings is 1. The highest BCUT2D eigenvalue weighted by atomic mass is 16.3. The monoisotopic (exact) mass is 289 g/mol. The summed E-state index contributed by atoms with van der Waals surface area (Å²) in [7, 11) is 0. The van der Waals surface area contributed by atoms with Crippen molar-refractivity contribution in [2.24, 2.45) is 0 Å². The van der Waals surface area contributed by atoms with E-state index in [1.54, 1.807) is 6.20 Å². The lowest BCUT2D eigenvalue weighted by Gasteiger charge is -2.17. The van der Waals surface area contributed by atoms with Crippen molar-refractivity contribution >= 4 is 0 Å². The van der Waals surface area contributed by atoms with E-state index >= 15 is 0 Å². The van der Waals surface area contributed by atoms with Crippen LogP contribution in [-0.2, 0) is 19.6 Å². The Bertz CT molecular complexity index is 584. The summed E-state index contributed by atoms with van der Waals surface area (Å²) in [5.74, 6) is 0.875. The summed E-state index contributed by atoms with van der Waals surface area (Å²) >= 11 is 0. The number of aryl methyl sites for hydroxylation is 2. The number of nitrogens with one attached hydrogen (secondary N) is 1. The first-order chi connectivity index (χ1) is 10.0. The number of rotatable bonds is 4. The van der Waals surface area contributed by atoms with Crippen molar-refractivity contribution in [2.75, 3.05) is 6.54 Å². The average Bonchev–Trinajstić information content (AvgIpc) is 2.98. The van der Waals surface area contributed by atoms with Gasteiger partial charge < -0.3 is 15.0 Å². The van der Waals surface area contributed by atoms with Crippen molar-refractivity contribution in [3.8, 4) is 11.5 Å². The van der Waals surface area contributed by atoms with Crippen LogP contribution in [0, 0.1) is 0 Å². The van der Waals surface area contributed by atoms with E-state index in [-0.39, 0.29) is 0 Å². The van der Waals surface area contributed by atoms with E-state index in [4.69, 9.17) is 0 Å². The quantitative estimate of drug-likeness (QED) is 0.893. The van der Waals surface area contributed by atoms with Gasteiger partial charge in [-0.05, 0) is 39.3 Å². The summed E-state index contributed by atoms with van der Waals surface area (Å²) in [6.45, 7) is 7.24. The minimum Gasteiger partial charge on any atom is -0.390 e. The molecule has 2 aromatic rings. The maximum atomic E-state index is 9.88. The molecule has 0 amide bonds. The highest BCUT2D eigenvalue weighted by Gasteiger charge is 2.17. The third-order valence-electron chi connectivity index (χ3n) is 3.80. The Balaban J connectivity index is 1.83. The third-order valence-corrected chi connectivity index (χ3v) is 3.80. The van der Waals surface area contributed by atoms with Crippen molar-refractivity contribution in [1.82, 2.24) is 24.6 Å². The lowest BCUT2D eigenvalue weighted by atomic mass is 10.1. The standard InChI is InChI=1S/C15H23N5O/c1-15(2,21)4-8-19-9-6-17-14(19)13-10-12-11-16-5-3-7-20(12)18-13/h6,9-10,16,21H,3-5,7-8,11H2,1-2H3. The molecule has 21 heavy (non-hydrogen) atoms. The highest BCUT2D eigenvalue weighted by molar-refractivity contribution is 5.50. The molecule has 114 valence electrons. The van der Waals surface area contributed by atoms with Gasteiger partial charge in [0.15, 0.2) is 5.82 Å². The van der Waals surface area contributed by atoms with Crippen molar-refractivity contribution < 1.29 is 5.11 Å². The van der Waals surface area contributed by atoms with Gasteiger partial charge in [-0.3, -0.25) is 4.68 Å².